The van der Waals surface area contributed by atoms with Crippen molar-refractivity contribution in [3.05, 3.63) is 47.5 Å². The van der Waals surface area contributed by atoms with Gasteiger partial charge in [0.05, 0.1) is 23.6 Å². The lowest BCUT2D eigenvalue weighted by Gasteiger charge is -2.10. The monoisotopic (exact) mass is 428 g/mol. The van der Waals surface area contributed by atoms with E-state index >= 15 is 0 Å². The Morgan fingerprint density at radius 3 is 2.43 bits per heavy atom. The van der Waals surface area contributed by atoms with Crippen LogP contribution in [0.1, 0.15) is 0 Å². The van der Waals surface area contributed by atoms with Crippen molar-refractivity contribution >= 4 is 33.2 Å². The van der Waals surface area contributed by atoms with E-state index < -0.39 is 10.0 Å². The minimum absolute atomic E-state index is 0.0910. The predicted octanol–water partition coefficient (Wildman–Crippen LogP) is 2.29. The first-order valence-corrected chi connectivity index (χ1v) is 10.1. The van der Waals surface area contributed by atoms with Gasteiger partial charge in [-0.05, 0) is 42.5 Å². The number of methoxy groups -OCH3 is 2. The van der Waals surface area contributed by atoms with Crippen LogP contribution in [0.15, 0.2) is 47.4 Å². The van der Waals surface area contributed by atoms with Crippen molar-refractivity contribution in [3.63, 3.8) is 0 Å². The van der Waals surface area contributed by atoms with Gasteiger partial charge in [-0.1, -0.05) is 11.6 Å². The van der Waals surface area contributed by atoms with Gasteiger partial charge in [0.15, 0.2) is 6.61 Å². The molecule has 0 radical (unpaired) electrons. The number of anilines is 1. The van der Waals surface area contributed by atoms with E-state index in [4.69, 9.17) is 25.8 Å². The molecule has 2 rings (SSSR count). The summed E-state index contributed by atoms with van der Waals surface area (Å²) in [4.78, 5) is 12.1. The lowest BCUT2D eigenvalue weighted by Crippen LogP contribution is -2.27. The van der Waals surface area contributed by atoms with Crippen LogP contribution in [-0.2, 0) is 19.6 Å². The van der Waals surface area contributed by atoms with E-state index in [1.807, 2.05) is 0 Å². The Morgan fingerprint density at radius 1 is 1.11 bits per heavy atom. The predicted molar refractivity (Wildman–Crippen MR) is 106 cm³/mol. The van der Waals surface area contributed by atoms with Crippen LogP contribution in [0.3, 0.4) is 0 Å². The first-order valence-electron chi connectivity index (χ1n) is 8.20. The molecule has 0 saturated carbocycles. The highest BCUT2D eigenvalue weighted by Gasteiger charge is 2.13. The Labute approximate surface area is 168 Å². The number of hydrogen-bond donors (Lipinski definition) is 2. The van der Waals surface area contributed by atoms with Crippen molar-refractivity contribution < 1.29 is 27.4 Å². The third-order valence-electron chi connectivity index (χ3n) is 3.54. The zero-order valence-electron chi connectivity index (χ0n) is 15.4. The zero-order valence-corrected chi connectivity index (χ0v) is 17.0. The van der Waals surface area contributed by atoms with Crippen LogP contribution in [0.5, 0.6) is 11.5 Å². The Morgan fingerprint density at radius 2 is 1.82 bits per heavy atom. The summed E-state index contributed by atoms with van der Waals surface area (Å²) < 4.78 is 41.8. The van der Waals surface area contributed by atoms with E-state index in [1.54, 1.807) is 18.2 Å². The lowest BCUT2D eigenvalue weighted by molar-refractivity contribution is -0.118. The van der Waals surface area contributed by atoms with E-state index in [2.05, 4.69) is 10.0 Å². The first kappa shape index (κ1) is 22.0. The zero-order chi connectivity index (χ0) is 20.6. The molecule has 0 aromatic heterocycles. The highest BCUT2D eigenvalue weighted by Crippen LogP contribution is 2.27. The molecule has 0 atom stereocenters. The quantitative estimate of drug-likeness (QED) is 0.563. The van der Waals surface area contributed by atoms with Crippen molar-refractivity contribution in [2.75, 3.05) is 39.3 Å². The van der Waals surface area contributed by atoms with Crippen molar-refractivity contribution in [1.82, 2.24) is 4.72 Å². The molecule has 0 saturated heterocycles. The Balaban J connectivity index is 1.88. The van der Waals surface area contributed by atoms with Crippen LogP contribution in [0.25, 0.3) is 0 Å². The van der Waals surface area contributed by atoms with E-state index in [0.717, 1.165) is 0 Å². The number of benzene rings is 2. The fourth-order valence-electron chi connectivity index (χ4n) is 2.17. The number of rotatable bonds is 10. The molecule has 2 aromatic rings. The molecule has 8 nitrogen and oxygen atoms in total. The second-order valence-corrected chi connectivity index (χ2v) is 7.72. The maximum atomic E-state index is 12.1. The fraction of sp³-hybridized carbons (Fsp3) is 0.278. The third kappa shape index (κ3) is 6.38. The van der Waals surface area contributed by atoms with Gasteiger partial charge in [0.1, 0.15) is 11.5 Å². The molecular formula is C18H21ClN2O6S. The molecule has 0 unspecified atom stereocenters. The number of amides is 1. The van der Waals surface area contributed by atoms with Crippen molar-refractivity contribution in [1.29, 1.82) is 0 Å². The average Bonchev–Trinajstić information content (AvgIpc) is 2.67. The maximum Gasteiger partial charge on any atom is 0.262 e. The molecule has 0 aliphatic rings. The summed E-state index contributed by atoms with van der Waals surface area (Å²) in [6, 6.07) is 10.6. The van der Waals surface area contributed by atoms with Gasteiger partial charge in [0.2, 0.25) is 10.0 Å². The highest BCUT2D eigenvalue weighted by molar-refractivity contribution is 7.89. The number of sulfonamides is 1. The van der Waals surface area contributed by atoms with Gasteiger partial charge in [-0.3, -0.25) is 4.79 Å². The molecular weight excluding hydrogens is 408 g/mol. The third-order valence-corrected chi connectivity index (χ3v) is 5.31. The molecule has 0 heterocycles. The van der Waals surface area contributed by atoms with Gasteiger partial charge in [-0.25, -0.2) is 13.1 Å². The second kappa shape index (κ2) is 10.3. The molecule has 28 heavy (non-hydrogen) atoms. The summed E-state index contributed by atoms with van der Waals surface area (Å²) in [5, 5.41) is 3.02. The molecule has 0 spiro atoms. The van der Waals surface area contributed by atoms with Crippen LogP contribution in [0, 0.1) is 0 Å². The van der Waals surface area contributed by atoms with Gasteiger partial charge in [0, 0.05) is 19.3 Å². The summed E-state index contributed by atoms with van der Waals surface area (Å²) in [5.74, 6) is 0.473. The van der Waals surface area contributed by atoms with Gasteiger partial charge >= 0.3 is 0 Å². The summed E-state index contributed by atoms with van der Waals surface area (Å²) in [5.41, 5.74) is 0.503. The molecule has 1 amide bonds. The summed E-state index contributed by atoms with van der Waals surface area (Å²) in [7, 11) is -0.633. The molecule has 0 fully saturated rings. The fourth-order valence-corrected chi connectivity index (χ4v) is 3.44. The molecule has 152 valence electrons. The summed E-state index contributed by atoms with van der Waals surface area (Å²) >= 11 is 6.01. The van der Waals surface area contributed by atoms with Gasteiger partial charge in [-0.2, -0.15) is 0 Å². The molecule has 0 bridgehead atoms. The maximum absolute atomic E-state index is 12.1. The number of nitrogens with one attached hydrogen (secondary N) is 2. The largest absolute Gasteiger partial charge is 0.495 e. The standard InChI is InChI=1S/C18H21ClN2O6S/c1-25-10-9-20-28(23,24)15-6-4-14(5-7-15)27-12-18(22)21-13-3-8-17(26-2)16(19)11-13/h3-8,11,20H,9-10,12H2,1-2H3,(H,21,22). The summed E-state index contributed by atoms with van der Waals surface area (Å²) in [6.07, 6.45) is 0. The number of carbonyl (C=O) groups excluding carboxylic acids is 1. The summed E-state index contributed by atoms with van der Waals surface area (Å²) in [6.45, 7) is 0.198. The minimum Gasteiger partial charge on any atom is -0.495 e. The topological polar surface area (TPSA) is 103 Å². The highest BCUT2D eigenvalue weighted by atomic mass is 35.5. The SMILES string of the molecule is COCCNS(=O)(=O)c1ccc(OCC(=O)Nc2ccc(OC)c(Cl)c2)cc1. The number of halogens is 1. The van der Waals surface area contributed by atoms with Crippen LogP contribution in [0.2, 0.25) is 5.02 Å². The van der Waals surface area contributed by atoms with Crippen LogP contribution < -0.4 is 19.5 Å². The normalized spacial score (nSPS) is 11.1. The number of hydrogen-bond acceptors (Lipinski definition) is 6. The van der Waals surface area contributed by atoms with Crippen LogP contribution in [-0.4, -0.2) is 48.3 Å². The van der Waals surface area contributed by atoms with Gasteiger partial charge in [0.25, 0.3) is 5.91 Å². The Bertz CT molecular complexity index is 903. The molecule has 0 aliphatic carbocycles. The minimum atomic E-state index is -3.62. The molecule has 2 N–H and O–H groups in total. The Kier molecular flexibility index (Phi) is 8.06. The van der Waals surface area contributed by atoms with Crippen LogP contribution >= 0.6 is 11.6 Å². The molecule has 2 aromatic carbocycles. The van der Waals surface area contributed by atoms with Gasteiger partial charge in [-0.15, -0.1) is 0 Å². The molecule has 0 aliphatic heterocycles. The second-order valence-electron chi connectivity index (χ2n) is 5.55. The Hall–Kier alpha value is -2.33. The lowest BCUT2D eigenvalue weighted by atomic mass is 10.3. The average molecular weight is 429 g/mol. The van der Waals surface area contributed by atoms with Crippen LogP contribution in [0.4, 0.5) is 5.69 Å². The van der Waals surface area contributed by atoms with Crippen molar-refractivity contribution in [3.8, 4) is 11.5 Å². The van der Waals surface area contributed by atoms with E-state index in [1.165, 1.54) is 38.5 Å². The van der Waals surface area contributed by atoms with E-state index in [-0.39, 0.29) is 30.6 Å². The smallest absolute Gasteiger partial charge is 0.262 e. The van der Waals surface area contributed by atoms with Gasteiger partial charge < -0.3 is 19.5 Å². The van der Waals surface area contributed by atoms with Crippen molar-refractivity contribution in [2.45, 2.75) is 4.90 Å². The number of ether oxygens (including phenoxy) is 3. The van der Waals surface area contributed by atoms with Crippen molar-refractivity contribution in [2.24, 2.45) is 0 Å². The first-order chi connectivity index (χ1) is 13.4. The molecule has 10 heteroatoms. The number of carbonyl (C=O) groups is 1. The van der Waals surface area contributed by atoms with E-state index in [9.17, 15) is 13.2 Å². The van der Waals surface area contributed by atoms with E-state index in [0.29, 0.717) is 22.2 Å².